The minimum atomic E-state index is -3.16. The summed E-state index contributed by atoms with van der Waals surface area (Å²) < 4.78 is 46.6. The summed E-state index contributed by atoms with van der Waals surface area (Å²) in [5.41, 5.74) is 1.57. The normalized spacial score (nSPS) is 26.5. The van der Waals surface area contributed by atoms with E-state index in [4.69, 9.17) is 14.7 Å². The third-order valence-electron chi connectivity index (χ3n) is 5.42. The topological polar surface area (TPSA) is 138 Å². The summed E-state index contributed by atoms with van der Waals surface area (Å²) in [5.74, 6) is -5.91. The van der Waals surface area contributed by atoms with Crippen LogP contribution >= 0.6 is 0 Å². The first-order valence-corrected chi connectivity index (χ1v) is 10.7. The van der Waals surface area contributed by atoms with Gasteiger partial charge in [0.1, 0.15) is 11.6 Å². The van der Waals surface area contributed by atoms with Crippen molar-refractivity contribution in [3.05, 3.63) is 11.6 Å². The van der Waals surface area contributed by atoms with Gasteiger partial charge < -0.3 is 14.7 Å². The smallest absolute Gasteiger partial charge is 0.410 e. The molecular formula is C20H27F3N4O8. The van der Waals surface area contributed by atoms with E-state index in [1.54, 1.807) is 20.8 Å². The fraction of sp³-hybridized carbons (Fsp3) is 0.700. The molecule has 0 aromatic rings. The van der Waals surface area contributed by atoms with Crippen molar-refractivity contribution < 1.29 is 51.9 Å². The molecule has 0 spiro atoms. The van der Waals surface area contributed by atoms with Crippen molar-refractivity contribution in [3.63, 3.8) is 0 Å². The number of aliphatic carboxylic acids is 1. The molecule has 3 aliphatic heterocycles. The second kappa shape index (κ2) is 9.53. The first-order valence-electron chi connectivity index (χ1n) is 10.7. The third-order valence-corrected chi connectivity index (χ3v) is 5.42. The van der Waals surface area contributed by atoms with Crippen LogP contribution in [0, 0.1) is 0 Å². The predicted molar refractivity (Wildman–Crippen MR) is 109 cm³/mol. The average Bonchev–Trinajstić information content (AvgIpc) is 3.15. The highest BCUT2D eigenvalue weighted by atomic mass is 19.3. The van der Waals surface area contributed by atoms with Crippen LogP contribution in [0.5, 0.6) is 0 Å². The zero-order chi connectivity index (χ0) is 26.3. The highest BCUT2D eigenvalue weighted by molar-refractivity contribution is 5.91. The maximum Gasteiger partial charge on any atom is 0.410 e. The minimum absolute atomic E-state index is 0.0815. The van der Waals surface area contributed by atoms with Crippen LogP contribution in [0.1, 0.15) is 34.1 Å². The van der Waals surface area contributed by atoms with E-state index >= 15 is 0 Å². The predicted octanol–water partition coefficient (Wildman–Crippen LogP) is 1.43. The molecule has 12 nitrogen and oxygen atoms in total. The summed E-state index contributed by atoms with van der Waals surface area (Å²) in [7, 11) is 0. The van der Waals surface area contributed by atoms with Crippen LogP contribution in [0.25, 0.3) is 0 Å². The first-order chi connectivity index (χ1) is 16.1. The van der Waals surface area contributed by atoms with Gasteiger partial charge in [0.05, 0.1) is 31.8 Å². The molecule has 3 aliphatic rings. The van der Waals surface area contributed by atoms with Gasteiger partial charge in [-0.15, -0.1) is 0 Å². The summed E-state index contributed by atoms with van der Waals surface area (Å²) in [4.78, 5) is 59.9. The van der Waals surface area contributed by atoms with E-state index < -0.39 is 79.6 Å². The lowest BCUT2D eigenvalue weighted by Gasteiger charge is -2.30. The number of amides is 4. The van der Waals surface area contributed by atoms with Crippen LogP contribution in [-0.2, 0) is 24.0 Å². The number of nitrogens with one attached hydrogen (secondary N) is 1. The van der Waals surface area contributed by atoms with Gasteiger partial charge >= 0.3 is 24.5 Å². The summed E-state index contributed by atoms with van der Waals surface area (Å²) >= 11 is 0. The number of alkyl halides is 3. The number of hydrogen-bond donors (Lipinski definition) is 2. The number of carboxylic acid groups (broad SMARTS) is 1. The standard InChI is InChI=1S/C20H27F3N4O8/c1-10-5-11-7-25(17(31)27(11)35-14(21)16(29)30)13(10)15(28)24-33-8-12-6-20(22,23)9-26(12)18(32)34-19(2,3)4/h5,11-14H,6-9H2,1-4H3,(H,24,28)(H,29,30)/t11-,12+,13+,14?/m1/s1. The molecule has 196 valence electrons. The number of urea groups is 1. The monoisotopic (exact) mass is 508 g/mol. The maximum atomic E-state index is 14.0. The number of ether oxygens (including phenoxy) is 1. The van der Waals surface area contributed by atoms with Gasteiger partial charge in [0.15, 0.2) is 0 Å². The molecule has 0 aliphatic carbocycles. The first kappa shape index (κ1) is 26.5. The average molecular weight is 508 g/mol. The molecule has 3 heterocycles. The molecule has 2 fully saturated rings. The zero-order valence-electron chi connectivity index (χ0n) is 19.5. The third kappa shape index (κ3) is 5.96. The number of fused-ring (bicyclic) bond motifs is 2. The van der Waals surface area contributed by atoms with Crippen LogP contribution in [-0.4, -0.2) is 99.7 Å². The lowest BCUT2D eigenvalue weighted by molar-refractivity contribution is -0.219. The van der Waals surface area contributed by atoms with Gasteiger partial charge in [-0.3, -0.25) is 14.5 Å². The highest BCUT2D eigenvalue weighted by Gasteiger charge is 2.50. The molecule has 0 aromatic heterocycles. The van der Waals surface area contributed by atoms with Crippen molar-refractivity contribution in [1.29, 1.82) is 0 Å². The Hall–Kier alpha value is -3.07. The molecule has 2 N–H and O–H groups in total. The second-order valence-corrected chi connectivity index (χ2v) is 9.50. The number of halogens is 3. The Morgan fingerprint density at radius 1 is 1.31 bits per heavy atom. The number of hydroxylamine groups is 3. The van der Waals surface area contributed by atoms with Crippen molar-refractivity contribution in [3.8, 4) is 0 Å². The van der Waals surface area contributed by atoms with E-state index in [0.717, 1.165) is 9.80 Å². The summed E-state index contributed by atoms with van der Waals surface area (Å²) in [6, 6.07) is -4.02. The summed E-state index contributed by atoms with van der Waals surface area (Å²) in [6.45, 7) is 4.89. The fourth-order valence-electron chi connectivity index (χ4n) is 4.06. The zero-order valence-corrected chi connectivity index (χ0v) is 19.5. The molecule has 4 atom stereocenters. The van der Waals surface area contributed by atoms with E-state index in [1.165, 1.54) is 13.0 Å². The van der Waals surface area contributed by atoms with Crippen molar-refractivity contribution >= 4 is 24.0 Å². The molecule has 0 aromatic carbocycles. The quantitative estimate of drug-likeness (QED) is 0.389. The number of carbonyl (C=O) groups is 4. The van der Waals surface area contributed by atoms with Crippen molar-refractivity contribution in [2.75, 3.05) is 19.7 Å². The number of hydrogen-bond acceptors (Lipinski definition) is 7. The maximum absolute atomic E-state index is 14.0. The van der Waals surface area contributed by atoms with Gasteiger partial charge in [-0.05, 0) is 33.3 Å². The van der Waals surface area contributed by atoms with Crippen LogP contribution in [0.3, 0.4) is 0 Å². The Balaban J connectivity index is 1.60. The Morgan fingerprint density at radius 2 is 1.97 bits per heavy atom. The van der Waals surface area contributed by atoms with Crippen molar-refractivity contribution in [2.45, 2.75) is 70.1 Å². The SMILES string of the molecule is CC1=C[C@@H]2CN(C(=O)N2OC(F)C(=O)O)[C@@H]1C(=O)NOC[C@@H]1CC(F)(F)CN1C(=O)OC(C)(C)C. The van der Waals surface area contributed by atoms with Crippen LogP contribution in [0.2, 0.25) is 0 Å². The summed E-state index contributed by atoms with van der Waals surface area (Å²) in [5, 5.41) is 9.20. The Labute approximate surface area is 198 Å². The fourth-order valence-corrected chi connectivity index (χ4v) is 4.06. The van der Waals surface area contributed by atoms with Gasteiger partial charge in [-0.1, -0.05) is 6.08 Å². The Kier molecular flexibility index (Phi) is 7.22. The molecule has 1 unspecified atom stereocenters. The lowest BCUT2D eigenvalue weighted by Crippen LogP contribution is -2.51. The van der Waals surface area contributed by atoms with Gasteiger partial charge in [-0.25, -0.2) is 37.9 Å². The number of likely N-dealkylation sites (tertiary alicyclic amines) is 1. The molecular weight excluding hydrogens is 481 g/mol. The molecule has 4 amide bonds. The van der Waals surface area contributed by atoms with E-state index in [0.29, 0.717) is 10.6 Å². The molecule has 3 rings (SSSR count). The second-order valence-electron chi connectivity index (χ2n) is 9.50. The van der Waals surface area contributed by atoms with Crippen LogP contribution in [0.4, 0.5) is 22.8 Å². The number of carbonyl (C=O) groups excluding carboxylic acids is 3. The molecule has 0 saturated carbocycles. The lowest BCUT2D eigenvalue weighted by atomic mass is 10.0. The van der Waals surface area contributed by atoms with Crippen molar-refractivity contribution in [1.82, 2.24) is 20.3 Å². The Bertz CT molecular complexity index is 925. The molecule has 35 heavy (non-hydrogen) atoms. The van der Waals surface area contributed by atoms with E-state index in [-0.39, 0.29) is 6.54 Å². The van der Waals surface area contributed by atoms with Gasteiger partial charge in [-0.2, -0.15) is 5.06 Å². The number of carboxylic acids is 1. The van der Waals surface area contributed by atoms with Gasteiger partial charge in [0.25, 0.3) is 11.8 Å². The van der Waals surface area contributed by atoms with Crippen LogP contribution < -0.4 is 5.48 Å². The van der Waals surface area contributed by atoms with Gasteiger partial charge in [0.2, 0.25) is 0 Å². The van der Waals surface area contributed by atoms with E-state index in [1.807, 2.05) is 0 Å². The Morgan fingerprint density at radius 3 is 2.57 bits per heavy atom. The number of nitrogens with zero attached hydrogens (tertiary/aromatic N) is 3. The van der Waals surface area contributed by atoms with E-state index in [2.05, 4.69) is 10.3 Å². The molecule has 15 heteroatoms. The van der Waals surface area contributed by atoms with Crippen molar-refractivity contribution in [2.24, 2.45) is 0 Å². The van der Waals surface area contributed by atoms with Crippen LogP contribution in [0.15, 0.2) is 11.6 Å². The van der Waals surface area contributed by atoms with Gasteiger partial charge in [0, 0.05) is 6.42 Å². The summed E-state index contributed by atoms with van der Waals surface area (Å²) in [6.07, 6.45) is -2.97. The van der Waals surface area contributed by atoms with E-state index in [9.17, 15) is 32.3 Å². The number of rotatable bonds is 7. The molecule has 2 saturated heterocycles. The minimum Gasteiger partial charge on any atom is -0.477 e. The molecule has 2 bridgehead atoms. The highest BCUT2D eigenvalue weighted by Crippen LogP contribution is 2.33. The molecule has 0 radical (unpaired) electrons. The largest absolute Gasteiger partial charge is 0.477 e.